The first-order valence-electron chi connectivity index (χ1n) is 11.3. The quantitative estimate of drug-likeness (QED) is 0.356. The fourth-order valence-corrected chi connectivity index (χ4v) is 3.96. The molecule has 1 N–H and O–H groups in total. The maximum Gasteiger partial charge on any atom is 0.416 e. The summed E-state index contributed by atoms with van der Waals surface area (Å²) >= 11 is 0. The van der Waals surface area contributed by atoms with Crippen LogP contribution in [0, 0.1) is 6.92 Å². The Hall–Kier alpha value is -4.24. The van der Waals surface area contributed by atoms with Crippen molar-refractivity contribution in [2.75, 3.05) is 19.0 Å². The second-order valence-electron chi connectivity index (χ2n) is 8.51. The fourth-order valence-electron chi connectivity index (χ4n) is 3.96. The molecular weight excluding hydrogens is 483 g/mol. The molecule has 0 radical (unpaired) electrons. The van der Waals surface area contributed by atoms with Crippen LogP contribution in [-0.4, -0.2) is 29.2 Å². The molecule has 2 aromatic heterocycles. The minimum absolute atomic E-state index is 0.125. The number of ether oxygens (including phenoxy) is 1. The van der Waals surface area contributed by atoms with Gasteiger partial charge in [-0.25, -0.2) is 0 Å². The van der Waals surface area contributed by atoms with Crippen LogP contribution < -0.4 is 10.9 Å². The van der Waals surface area contributed by atoms with Crippen molar-refractivity contribution >= 4 is 28.6 Å². The number of rotatable bonds is 6. The third-order valence-corrected chi connectivity index (χ3v) is 5.92. The van der Waals surface area contributed by atoms with Crippen LogP contribution in [0.1, 0.15) is 27.2 Å². The largest absolute Gasteiger partial charge is 0.416 e. The maximum atomic E-state index is 13.3. The Morgan fingerprint density at radius 3 is 2.62 bits per heavy atom. The van der Waals surface area contributed by atoms with E-state index in [1.54, 1.807) is 44.6 Å². The van der Waals surface area contributed by atoms with E-state index in [9.17, 15) is 22.8 Å². The topological polar surface area (TPSA) is 73.2 Å². The van der Waals surface area contributed by atoms with Gasteiger partial charge in [0.1, 0.15) is 0 Å². The van der Waals surface area contributed by atoms with E-state index in [1.165, 1.54) is 16.7 Å². The molecule has 0 unspecified atom stereocenters. The molecule has 1 amide bonds. The van der Waals surface area contributed by atoms with Crippen LogP contribution >= 0.6 is 0 Å². The van der Waals surface area contributed by atoms with Gasteiger partial charge in [-0.3, -0.25) is 14.6 Å². The number of hydrogen-bond acceptors (Lipinski definition) is 4. The van der Waals surface area contributed by atoms with E-state index in [4.69, 9.17) is 4.74 Å². The summed E-state index contributed by atoms with van der Waals surface area (Å²) in [6.45, 7) is 2.27. The van der Waals surface area contributed by atoms with Gasteiger partial charge in [0, 0.05) is 42.6 Å². The Morgan fingerprint density at radius 1 is 1.11 bits per heavy atom. The van der Waals surface area contributed by atoms with E-state index in [0.29, 0.717) is 34.6 Å². The van der Waals surface area contributed by atoms with Crippen LogP contribution in [0.5, 0.6) is 0 Å². The molecule has 190 valence electrons. The minimum atomic E-state index is -4.56. The number of anilines is 1. The monoisotopic (exact) mass is 507 g/mol. The molecule has 0 saturated carbocycles. The van der Waals surface area contributed by atoms with Gasteiger partial charge in [0.25, 0.3) is 11.5 Å². The molecule has 0 fully saturated rings. The van der Waals surface area contributed by atoms with Crippen LogP contribution in [0.4, 0.5) is 18.9 Å². The molecule has 2 heterocycles. The van der Waals surface area contributed by atoms with Gasteiger partial charge in [0.2, 0.25) is 0 Å². The zero-order valence-electron chi connectivity index (χ0n) is 20.4. The lowest BCUT2D eigenvalue weighted by Crippen LogP contribution is -2.19. The number of pyridine rings is 2. The van der Waals surface area contributed by atoms with Gasteiger partial charge in [-0.05, 0) is 66.6 Å². The van der Waals surface area contributed by atoms with E-state index in [1.807, 2.05) is 25.1 Å². The van der Waals surface area contributed by atoms with Crippen molar-refractivity contribution in [3.05, 3.63) is 99.6 Å². The molecule has 37 heavy (non-hydrogen) atoms. The number of carbonyl (C=O) groups excluding carboxylic acids is 1. The van der Waals surface area contributed by atoms with Crippen molar-refractivity contribution in [2.24, 2.45) is 7.05 Å². The highest BCUT2D eigenvalue weighted by atomic mass is 19.4. The molecule has 0 spiro atoms. The van der Waals surface area contributed by atoms with E-state index in [2.05, 4.69) is 10.3 Å². The van der Waals surface area contributed by atoms with Crippen LogP contribution in [0.2, 0.25) is 0 Å². The van der Waals surface area contributed by atoms with E-state index in [-0.39, 0.29) is 11.1 Å². The van der Waals surface area contributed by atoms with Crippen molar-refractivity contribution in [2.45, 2.75) is 13.1 Å². The molecule has 0 saturated heterocycles. The number of alkyl halides is 3. The zero-order chi connectivity index (χ0) is 26.7. The van der Waals surface area contributed by atoms with Crippen molar-refractivity contribution in [3.8, 4) is 11.1 Å². The normalized spacial score (nSPS) is 11.8. The van der Waals surface area contributed by atoms with E-state index >= 15 is 0 Å². The number of hydrogen-bond donors (Lipinski definition) is 1. The molecular formula is C28H24F3N3O3. The molecule has 2 aromatic carbocycles. The van der Waals surface area contributed by atoms with Crippen molar-refractivity contribution in [1.82, 2.24) is 9.55 Å². The number of aryl methyl sites for hydroxylation is 2. The number of carbonyl (C=O) groups is 1. The van der Waals surface area contributed by atoms with Gasteiger partial charge in [-0.15, -0.1) is 0 Å². The number of benzene rings is 2. The highest BCUT2D eigenvalue weighted by molar-refractivity contribution is 6.04. The summed E-state index contributed by atoms with van der Waals surface area (Å²) < 4.78 is 45.7. The molecule has 4 rings (SSSR count). The number of aromatic nitrogens is 2. The lowest BCUT2D eigenvalue weighted by atomic mass is 9.99. The molecule has 4 aromatic rings. The number of amides is 1. The lowest BCUT2D eigenvalue weighted by molar-refractivity contribution is -0.137. The Bertz CT molecular complexity index is 1570. The average molecular weight is 508 g/mol. The summed E-state index contributed by atoms with van der Waals surface area (Å²) in [4.78, 5) is 30.4. The Kier molecular flexibility index (Phi) is 7.26. The van der Waals surface area contributed by atoms with Crippen LogP contribution in [0.25, 0.3) is 28.1 Å². The second-order valence-corrected chi connectivity index (χ2v) is 8.51. The molecule has 0 bridgehead atoms. The molecule has 9 heteroatoms. The summed E-state index contributed by atoms with van der Waals surface area (Å²) in [6, 6.07) is 12.8. The maximum absolute atomic E-state index is 13.3. The third kappa shape index (κ3) is 5.62. The third-order valence-electron chi connectivity index (χ3n) is 5.92. The predicted molar refractivity (Wildman–Crippen MR) is 137 cm³/mol. The lowest BCUT2D eigenvalue weighted by Gasteiger charge is -2.14. The summed E-state index contributed by atoms with van der Waals surface area (Å²) in [5.41, 5.74) is 2.25. The Balaban J connectivity index is 1.69. The van der Waals surface area contributed by atoms with Gasteiger partial charge in [0.15, 0.2) is 0 Å². The highest BCUT2D eigenvalue weighted by Gasteiger charge is 2.31. The van der Waals surface area contributed by atoms with Crippen molar-refractivity contribution < 1.29 is 22.7 Å². The fraction of sp³-hybridized carbons (Fsp3) is 0.179. The van der Waals surface area contributed by atoms with Gasteiger partial charge >= 0.3 is 6.18 Å². The van der Waals surface area contributed by atoms with Crippen molar-refractivity contribution in [3.63, 3.8) is 0 Å². The molecule has 0 aliphatic rings. The van der Waals surface area contributed by atoms with Crippen LogP contribution in [0.3, 0.4) is 0 Å². The smallest absolute Gasteiger partial charge is 0.381 e. The van der Waals surface area contributed by atoms with Gasteiger partial charge in [0.05, 0.1) is 23.4 Å². The Morgan fingerprint density at radius 2 is 1.89 bits per heavy atom. The summed E-state index contributed by atoms with van der Waals surface area (Å²) in [7, 11) is 3.27. The standard InChI is InChI=1S/C28H24F3N3O3/c1-17-9-10-22(33-26(35)18-6-4-7-20(12-18)28(29,30)31)14-23(17)24-13-19-16-32-21(8-5-11-37-3)15-25(19)34(2)27(24)36/h4-10,12-16H,11H2,1-3H3,(H,33,35). The van der Waals surface area contributed by atoms with Gasteiger partial charge in [-0.1, -0.05) is 18.2 Å². The van der Waals surface area contributed by atoms with Crippen molar-refractivity contribution in [1.29, 1.82) is 0 Å². The number of fused-ring (bicyclic) bond motifs is 1. The molecule has 0 aliphatic heterocycles. The molecule has 6 nitrogen and oxygen atoms in total. The van der Waals surface area contributed by atoms with Crippen LogP contribution in [0.15, 0.2) is 71.7 Å². The molecule has 0 atom stereocenters. The van der Waals surface area contributed by atoms with Gasteiger partial charge < -0.3 is 14.6 Å². The highest BCUT2D eigenvalue weighted by Crippen LogP contribution is 2.30. The average Bonchev–Trinajstić information content (AvgIpc) is 2.87. The molecule has 0 aliphatic carbocycles. The summed E-state index contributed by atoms with van der Waals surface area (Å²) in [5, 5.41) is 3.38. The van der Waals surface area contributed by atoms with Gasteiger partial charge in [-0.2, -0.15) is 13.2 Å². The van der Waals surface area contributed by atoms with E-state index in [0.717, 1.165) is 23.1 Å². The Labute approximate surface area is 211 Å². The zero-order valence-corrected chi connectivity index (χ0v) is 20.4. The predicted octanol–water partition coefficient (Wildman–Crippen LogP) is 5.84. The SMILES string of the molecule is COCC=Cc1cc2c(cn1)cc(-c1cc(NC(=O)c3cccc(C(F)(F)F)c3)ccc1C)c(=O)n2C. The minimum Gasteiger partial charge on any atom is -0.381 e. The summed E-state index contributed by atoms with van der Waals surface area (Å²) in [5.74, 6) is -0.689. The number of halogens is 3. The first-order chi connectivity index (χ1) is 17.6. The first-order valence-corrected chi connectivity index (χ1v) is 11.3. The number of nitrogens with zero attached hydrogens (tertiary/aromatic N) is 2. The first kappa shape index (κ1) is 25.8. The number of nitrogens with one attached hydrogen (secondary N) is 1. The second kappa shape index (κ2) is 10.4. The van der Waals surface area contributed by atoms with Crippen LogP contribution in [-0.2, 0) is 18.0 Å². The summed E-state index contributed by atoms with van der Waals surface area (Å²) in [6.07, 6.45) is 0.754. The number of methoxy groups -OCH3 is 1. The van der Waals surface area contributed by atoms with E-state index < -0.39 is 17.6 Å².